The molecule has 0 unspecified atom stereocenters. The molecule has 1 aromatic carbocycles. The van der Waals surface area contributed by atoms with Gasteiger partial charge in [-0.3, -0.25) is 4.79 Å². The number of nitrogens with zero attached hydrogens (tertiary/aromatic N) is 2. The SMILES string of the molecule is CCNC(=NCc1ccc(C(=O)OCC)cc1)NCC(=O)N(C)C. The van der Waals surface area contributed by atoms with E-state index in [4.69, 9.17) is 4.74 Å². The highest BCUT2D eigenvalue weighted by Crippen LogP contribution is 2.07. The third-order valence-corrected chi connectivity index (χ3v) is 3.13. The van der Waals surface area contributed by atoms with Crippen molar-refractivity contribution in [1.82, 2.24) is 15.5 Å². The van der Waals surface area contributed by atoms with Gasteiger partial charge in [-0.05, 0) is 31.5 Å². The Labute approximate surface area is 143 Å². The van der Waals surface area contributed by atoms with Crippen molar-refractivity contribution in [2.75, 3.05) is 33.8 Å². The zero-order chi connectivity index (χ0) is 17.9. The maximum absolute atomic E-state index is 11.6. The number of guanidine groups is 1. The number of likely N-dealkylation sites (N-methyl/N-ethyl adjacent to an activating group) is 1. The van der Waals surface area contributed by atoms with E-state index >= 15 is 0 Å². The van der Waals surface area contributed by atoms with Crippen molar-refractivity contribution in [3.05, 3.63) is 35.4 Å². The molecule has 0 spiro atoms. The van der Waals surface area contributed by atoms with Crippen LogP contribution in [0.15, 0.2) is 29.3 Å². The lowest BCUT2D eigenvalue weighted by Gasteiger charge is -2.14. The molecule has 0 heterocycles. The standard InChI is InChI=1S/C17H26N4O3/c1-5-18-17(20-12-15(22)21(3)4)19-11-13-7-9-14(10-8-13)16(23)24-6-2/h7-10H,5-6,11-12H2,1-4H3,(H2,18,19,20). The first-order valence-corrected chi connectivity index (χ1v) is 7.96. The van der Waals surface area contributed by atoms with Crippen LogP contribution in [0.5, 0.6) is 0 Å². The van der Waals surface area contributed by atoms with Crippen LogP contribution in [0.4, 0.5) is 0 Å². The van der Waals surface area contributed by atoms with Crippen molar-refractivity contribution in [2.45, 2.75) is 20.4 Å². The van der Waals surface area contributed by atoms with Crippen LogP contribution in [0.1, 0.15) is 29.8 Å². The van der Waals surface area contributed by atoms with E-state index in [1.165, 1.54) is 4.90 Å². The second-order valence-electron chi connectivity index (χ2n) is 5.25. The molecule has 132 valence electrons. The summed E-state index contributed by atoms with van der Waals surface area (Å²) in [6.07, 6.45) is 0. The number of rotatable bonds is 7. The normalized spacial score (nSPS) is 10.9. The molecule has 1 rings (SSSR count). The van der Waals surface area contributed by atoms with Crippen LogP contribution in [-0.4, -0.2) is 56.5 Å². The van der Waals surface area contributed by atoms with Gasteiger partial charge < -0.3 is 20.3 Å². The topological polar surface area (TPSA) is 83.0 Å². The number of carbonyl (C=O) groups is 2. The summed E-state index contributed by atoms with van der Waals surface area (Å²) in [6.45, 7) is 5.41. The van der Waals surface area contributed by atoms with E-state index in [0.717, 1.165) is 5.56 Å². The molecule has 7 heteroatoms. The average molecular weight is 334 g/mol. The predicted octanol–water partition coefficient (Wildman–Crippen LogP) is 1.01. The van der Waals surface area contributed by atoms with Crippen molar-refractivity contribution < 1.29 is 14.3 Å². The van der Waals surface area contributed by atoms with Gasteiger partial charge in [-0.2, -0.15) is 0 Å². The summed E-state index contributed by atoms with van der Waals surface area (Å²) >= 11 is 0. The Morgan fingerprint density at radius 3 is 2.33 bits per heavy atom. The first kappa shape index (κ1) is 19.5. The Bertz CT molecular complexity index is 568. The van der Waals surface area contributed by atoms with Gasteiger partial charge in [0.05, 0.1) is 25.3 Å². The molecular weight excluding hydrogens is 308 g/mol. The van der Waals surface area contributed by atoms with Crippen LogP contribution >= 0.6 is 0 Å². The van der Waals surface area contributed by atoms with E-state index in [1.807, 2.05) is 19.1 Å². The predicted molar refractivity (Wildman–Crippen MR) is 93.9 cm³/mol. The summed E-state index contributed by atoms with van der Waals surface area (Å²) in [6, 6.07) is 7.12. The van der Waals surface area contributed by atoms with Crippen molar-refractivity contribution in [3.63, 3.8) is 0 Å². The van der Waals surface area contributed by atoms with E-state index in [-0.39, 0.29) is 18.4 Å². The molecule has 7 nitrogen and oxygen atoms in total. The molecule has 0 aliphatic heterocycles. The van der Waals surface area contributed by atoms with Crippen molar-refractivity contribution in [3.8, 4) is 0 Å². The molecule has 0 saturated heterocycles. The Balaban J connectivity index is 2.65. The molecule has 0 bridgehead atoms. The van der Waals surface area contributed by atoms with E-state index < -0.39 is 0 Å². The van der Waals surface area contributed by atoms with E-state index in [1.54, 1.807) is 33.2 Å². The van der Waals surface area contributed by atoms with Crippen LogP contribution in [0.25, 0.3) is 0 Å². The van der Waals surface area contributed by atoms with Crippen LogP contribution in [0.2, 0.25) is 0 Å². The number of nitrogens with one attached hydrogen (secondary N) is 2. The summed E-state index contributed by atoms with van der Waals surface area (Å²) < 4.78 is 4.95. The summed E-state index contributed by atoms with van der Waals surface area (Å²) in [4.78, 5) is 29.2. The summed E-state index contributed by atoms with van der Waals surface area (Å²) in [5.74, 6) is 0.214. The molecule has 1 amide bonds. The number of esters is 1. The number of amides is 1. The number of aliphatic imine (C=N–C) groups is 1. The number of hydrogen-bond acceptors (Lipinski definition) is 4. The number of hydrogen-bond donors (Lipinski definition) is 2. The largest absolute Gasteiger partial charge is 0.462 e. The lowest BCUT2D eigenvalue weighted by atomic mass is 10.1. The molecule has 0 aliphatic rings. The minimum Gasteiger partial charge on any atom is -0.462 e. The van der Waals surface area contributed by atoms with E-state index in [2.05, 4.69) is 15.6 Å². The van der Waals surface area contributed by atoms with Gasteiger partial charge in [0.25, 0.3) is 0 Å². The van der Waals surface area contributed by atoms with Gasteiger partial charge in [-0.25, -0.2) is 9.79 Å². The Hall–Kier alpha value is -2.57. The van der Waals surface area contributed by atoms with E-state index in [0.29, 0.717) is 31.2 Å². The zero-order valence-electron chi connectivity index (χ0n) is 14.8. The summed E-state index contributed by atoms with van der Waals surface area (Å²) in [5.41, 5.74) is 1.48. The number of benzene rings is 1. The summed E-state index contributed by atoms with van der Waals surface area (Å²) in [7, 11) is 3.42. The molecule has 0 atom stereocenters. The Morgan fingerprint density at radius 2 is 1.79 bits per heavy atom. The first-order chi connectivity index (χ1) is 11.5. The van der Waals surface area contributed by atoms with Crippen molar-refractivity contribution in [1.29, 1.82) is 0 Å². The average Bonchev–Trinajstić information content (AvgIpc) is 2.57. The van der Waals surface area contributed by atoms with Gasteiger partial charge in [-0.15, -0.1) is 0 Å². The highest BCUT2D eigenvalue weighted by Gasteiger charge is 2.07. The fourth-order valence-corrected chi connectivity index (χ4v) is 1.79. The fraction of sp³-hybridized carbons (Fsp3) is 0.471. The van der Waals surface area contributed by atoms with Crippen molar-refractivity contribution in [2.24, 2.45) is 4.99 Å². The highest BCUT2D eigenvalue weighted by molar-refractivity contribution is 5.89. The van der Waals surface area contributed by atoms with Crippen LogP contribution in [0.3, 0.4) is 0 Å². The summed E-state index contributed by atoms with van der Waals surface area (Å²) in [5, 5.41) is 6.08. The van der Waals surface area contributed by atoms with Gasteiger partial charge in [0, 0.05) is 20.6 Å². The van der Waals surface area contributed by atoms with Gasteiger partial charge in [-0.1, -0.05) is 12.1 Å². The molecule has 2 N–H and O–H groups in total. The first-order valence-electron chi connectivity index (χ1n) is 7.96. The van der Waals surface area contributed by atoms with Gasteiger partial charge in [0.2, 0.25) is 5.91 Å². The number of ether oxygens (including phenoxy) is 1. The molecule has 0 radical (unpaired) electrons. The lowest BCUT2D eigenvalue weighted by Crippen LogP contribution is -2.42. The monoisotopic (exact) mass is 334 g/mol. The van der Waals surface area contributed by atoms with Crippen LogP contribution < -0.4 is 10.6 Å². The molecular formula is C17H26N4O3. The quantitative estimate of drug-likeness (QED) is 0.442. The molecule has 0 aromatic heterocycles. The third kappa shape index (κ3) is 6.68. The third-order valence-electron chi connectivity index (χ3n) is 3.13. The van der Waals surface area contributed by atoms with Gasteiger partial charge in [0.1, 0.15) is 0 Å². The van der Waals surface area contributed by atoms with Crippen molar-refractivity contribution >= 4 is 17.8 Å². The maximum Gasteiger partial charge on any atom is 0.338 e. The molecule has 1 aromatic rings. The smallest absolute Gasteiger partial charge is 0.338 e. The second kappa shape index (κ2) is 10.3. The fourth-order valence-electron chi connectivity index (χ4n) is 1.79. The highest BCUT2D eigenvalue weighted by atomic mass is 16.5. The van der Waals surface area contributed by atoms with Crippen LogP contribution in [0, 0.1) is 0 Å². The van der Waals surface area contributed by atoms with Crippen LogP contribution in [-0.2, 0) is 16.1 Å². The van der Waals surface area contributed by atoms with E-state index in [9.17, 15) is 9.59 Å². The number of carbonyl (C=O) groups excluding carboxylic acids is 2. The minimum absolute atomic E-state index is 0.0283. The maximum atomic E-state index is 11.6. The Kier molecular flexibility index (Phi) is 8.32. The Morgan fingerprint density at radius 1 is 1.12 bits per heavy atom. The zero-order valence-corrected chi connectivity index (χ0v) is 14.8. The lowest BCUT2D eigenvalue weighted by molar-refractivity contribution is -0.127. The molecule has 24 heavy (non-hydrogen) atoms. The van der Waals surface area contributed by atoms with Gasteiger partial charge in [0.15, 0.2) is 5.96 Å². The second-order valence-corrected chi connectivity index (χ2v) is 5.25. The van der Waals surface area contributed by atoms with Gasteiger partial charge >= 0.3 is 5.97 Å². The molecule has 0 aliphatic carbocycles. The molecule has 0 saturated carbocycles. The molecule has 0 fully saturated rings. The minimum atomic E-state index is -0.329.